The molecule has 7 heteroatoms. The zero-order valence-corrected chi connectivity index (χ0v) is 18.5. The molecule has 0 aromatic carbocycles. The summed E-state index contributed by atoms with van der Waals surface area (Å²) in [5.74, 6) is -1.79. The Kier molecular flexibility index (Phi) is 9.31. The molecular weight excluding hydrogens is 364 g/mol. The molecule has 2 N–H and O–H groups in total. The van der Waals surface area contributed by atoms with E-state index in [0.29, 0.717) is 5.25 Å². The highest BCUT2D eigenvalue weighted by Crippen LogP contribution is 2.51. The molecule has 0 spiro atoms. The minimum atomic E-state index is -1.04. The van der Waals surface area contributed by atoms with Crippen LogP contribution in [0.3, 0.4) is 0 Å². The molecule has 0 saturated carbocycles. The highest BCUT2D eigenvalue weighted by atomic mass is 32.2. The topological polar surface area (TPSA) is 81.1 Å². The number of piperidine rings is 1. The summed E-state index contributed by atoms with van der Waals surface area (Å²) in [6, 6.07) is -0.206. The first kappa shape index (κ1) is 24.0. The van der Waals surface area contributed by atoms with Gasteiger partial charge < -0.3 is 20.0 Å². The van der Waals surface area contributed by atoms with Crippen molar-refractivity contribution < 1.29 is 19.8 Å². The smallest absolute Gasteiger partial charge is 0.353 e. The van der Waals surface area contributed by atoms with Crippen molar-refractivity contribution in [2.24, 2.45) is 11.8 Å². The zero-order valence-electron chi connectivity index (χ0n) is 17.7. The number of nitrogens with zero attached hydrogens (tertiary/aromatic N) is 2. The Morgan fingerprint density at radius 3 is 2.15 bits per heavy atom. The van der Waals surface area contributed by atoms with E-state index in [1.54, 1.807) is 18.7 Å². The van der Waals surface area contributed by atoms with Gasteiger partial charge in [-0.25, -0.2) is 4.79 Å². The van der Waals surface area contributed by atoms with E-state index in [9.17, 15) is 19.8 Å². The molecule has 0 aromatic heterocycles. The normalized spacial score (nSPS) is 29.1. The molecule has 0 aliphatic carbocycles. The lowest BCUT2D eigenvalue weighted by Crippen LogP contribution is -2.63. The summed E-state index contributed by atoms with van der Waals surface area (Å²) in [5, 5.41) is 19.8. The van der Waals surface area contributed by atoms with E-state index >= 15 is 0 Å². The molecule has 4 atom stereocenters. The molecular formula is C20H36N2O4S. The SMILES string of the molecule is CC.CC.C[C@@H](O)[C@H]1C(=O)N2C(C(=O)O)=C(SC3CCN(C)CC3)[C@H](C)[C@H]12. The highest BCUT2D eigenvalue weighted by Gasteiger charge is 2.60. The van der Waals surface area contributed by atoms with Gasteiger partial charge in [0.25, 0.3) is 0 Å². The van der Waals surface area contributed by atoms with Crippen LogP contribution in [0, 0.1) is 11.8 Å². The number of amides is 1. The van der Waals surface area contributed by atoms with E-state index in [-0.39, 0.29) is 23.6 Å². The van der Waals surface area contributed by atoms with Crippen LogP contribution in [0.2, 0.25) is 0 Å². The number of hydrogen-bond donors (Lipinski definition) is 2. The third kappa shape index (κ3) is 4.69. The molecule has 2 fully saturated rings. The number of hydrogen-bond acceptors (Lipinski definition) is 5. The number of carbonyl (C=O) groups is 2. The average Bonchev–Trinajstić information content (AvgIpc) is 2.89. The van der Waals surface area contributed by atoms with E-state index in [1.165, 1.54) is 4.90 Å². The van der Waals surface area contributed by atoms with Crippen molar-refractivity contribution in [1.82, 2.24) is 9.80 Å². The van der Waals surface area contributed by atoms with E-state index in [4.69, 9.17) is 0 Å². The minimum absolute atomic E-state index is 0.0249. The van der Waals surface area contributed by atoms with E-state index in [1.807, 2.05) is 34.6 Å². The van der Waals surface area contributed by atoms with E-state index < -0.39 is 18.0 Å². The van der Waals surface area contributed by atoms with E-state index in [2.05, 4.69) is 11.9 Å². The fourth-order valence-corrected chi connectivity index (χ4v) is 5.42. The van der Waals surface area contributed by atoms with Crippen LogP contribution < -0.4 is 0 Å². The third-order valence-electron chi connectivity index (χ3n) is 5.27. The predicted octanol–water partition coefficient (Wildman–Crippen LogP) is 3.02. The maximum Gasteiger partial charge on any atom is 0.353 e. The van der Waals surface area contributed by atoms with Crippen LogP contribution in [-0.4, -0.2) is 69.4 Å². The third-order valence-corrected chi connectivity index (χ3v) is 6.89. The molecule has 3 aliphatic rings. The summed E-state index contributed by atoms with van der Waals surface area (Å²) >= 11 is 1.63. The van der Waals surface area contributed by atoms with Crippen LogP contribution >= 0.6 is 11.8 Å². The summed E-state index contributed by atoms with van der Waals surface area (Å²) in [7, 11) is 2.10. The molecule has 156 valence electrons. The lowest BCUT2D eigenvalue weighted by molar-refractivity contribution is -0.163. The summed E-state index contributed by atoms with van der Waals surface area (Å²) in [4.78, 5) is 28.5. The Balaban J connectivity index is 0.000000855. The number of carbonyl (C=O) groups excluding carboxylic acids is 1. The number of thioether (sulfide) groups is 1. The van der Waals surface area contributed by atoms with Crippen LogP contribution in [0.1, 0.15) is 54.4 Å². The maximum atomic E-state index is 12.3. The first-order valence-corrected chi connectivity index (χ1v) is 11.0. The van der Waals surface area contributed by atoms with Crippen LogP contribution in [-0.2, 0) is 9.59 Å². The van der Waals surface area contributed by atoms with Gasteiger partial charge in [-0.15, -0.1) is 11.8 Å². The first-order valence-electron chi connectivity index (χ1n) is 10.2. The molecule has 0 unspecified atom stereocenters. The second kappa shape index (κ2) is 10.5. The van der Waals surface area contributed by atoms with Crippen LogP contribution in [0.5, 0.6) is 0 Å². The second-order valence-corrected chi connectivity index (χ2v) is 8.23. The van der Waals surface area contributed by atoms with Crippen LogP contribution in [0.25, 0.3) is 0 Å². The van der Waals surface area contributed by atoms with Crippen molar-refractivity contribution in [2.75, 3.05) is 20.1 Å². The quantitative estimate of drug-likeness (QED) is 0.706. The number of carboxylic acid groups (broad SMARTS) is 1. The number of aliphatic carboxylic acids is 1. The van der Waals surface area contributed by atoms with Crippen molar-refractivity contribution in [3.63, 3.8) is 0 Å². The van der Waals surface area contributed by atoms with Gasteiger partial charge in [0.1, 0.15) is 5.70 Å². The number of aliphatic hydroxyl groups excluding tert-OH is 1. The molecule has 27 heavy (non-hydrogen) atoms. The van der Waals surface area contributed by atoms with Gasteiger partial charge in [0, 0.05) is 16.1 Å². The number of fused-ring (bicyclic) bond motifs is 1. The summed E-state index contributed by atoms with van der Waals surface area (Å²) in [5.41, 5.74) is 0.147. The van der Waals surface area contributed by atoms with Gasteiger partial charge in [0.2, 0.25) is 5.91 Å². The molecule has 0 radical (unpaired) electrons. The van der Waals surface area contributed by atoms with Gasteiger partial charge in [-0.2, -0.15) is 0 Å². The fraction of sp³-hybridized carbons (Fsp3) is 0.800. The summed E-state index contributed by atoms with van der Waals surface area (Å²) in [6.07, 6.45) is 1.32. The fourth-order valence-electron chi connectivity index (χ4n) is 3.96. The number of likely N-dealkylation sites (tertiary alicyclic amines) is 1. The molecule has 3 heterocycles. The van der Waals surface area contributed by atoms with Gasteiger partial charge in [0.05, 0.1) is 18.1 Å². The molecule has 3 rings (SSSR count). The molecule has 2 saturated heterocycles. The second-order valence-electron chi connectivity index (χ2n) is 6.89. The minimum Gasteiger partial charge on any atom is -0.477 e. The summed E-state index contributed by atoms with van der Waals surface area (Å²) < 4.78 is 0. The monoisotopic (exact) mass is 400 g/mol. The number of aliphatic hydroxyl groups is 1. The zero-order chi connectivity index (χ0) is 20.9. The molecule has 0 aromatic rings. The average molecular weight is 401 g/mol. The molecule has 3 aliphatic heterocycles. The highest BCUT2D eigenvalue weighted by molar-refractivity contribution is 8.03. The Hall–Kier alpha value is -1.05. The Morgan fingerprint density at radius 2 is 1.70 bits per heavy atom. The Labute approximate surface area is 168 Å². The summed E-state index contributed by atoms with van der Waals surface area (Å²) in [6.45, 7) is 13.6. The van der Waals surface area contributed by atoms with Crippen molar-refractivity contribution >= 4 is 23.6 Å². The van der Waals surface area contributed by atoms with Gasteiger partial charge in [-0.1, -0.05) is 34.6 Å². The van der Waals surface area contributed by atoms with Crippen LogP contribution in [0.4, 0.5) is 0 Å². The predicted molar refractivity (Wildman–Crippen MR) is 110 cm³/mol. The molecule has 6 nitrogen and oxygen atoms in total. The number of carboxylic acids is 1. The molecule has 1 amide bonds. The van der Waals surface area contributed by atoms with Gasteiger partial charge in [0.15, 0.2) is 0 Å². The largest absolute Gasteiger partial charge is 0.477 e. The lowest BCUT2D eigenvalue weighted by atomic mass is 9.79. The maximum absolute atomic E-state index is 12.3. The van der Waals surface area contributed by atoms with Crippen molar-refractivity contribution in [3.05, 3.63) is 10.6 Å². The van der Waals surface area contributed by atoms with Gasteiger partial charge in [-0.3, -0.25) is 4.79 Å². The first-order chi connectivity index (χ1) is 12.8. The number of rotatable bonds is 4. The Morgan fingerprint density at radius 1 is 1.19 bits per heavy atom. The van der Waals surface area contributed by atoms with Crippen molar-refractivity contribution in [2.45, 2.75) is 71.8 Å². The molecule has 0 bridgehead atoms. The lowest BCUT2D eigenvalue weighted by Gasteiger charge is -2.46. The van der Waals surface area contributed by atoms with Crippen molar-refractivity contribution in [3.8, 4) is 0 Å². The van der Waals surface area contributed by atoms with E-state index in [0.717, 1.165) is 30.8 Å². The van der Waals surface area contributed by atoms with Gasteiger partial charge in [-0.05, 0) is 39.9 Å². The standard InChI is InChI=1S/C16H24N2O4S.2C2H6/c1-8-12-11(9(2)19)15(20)18(12)13(16(21)22)14(8)23-10-4-6-17(3)7-5-10;2*1-2/h8-12,19H,4-7H2,1-3H3,(H,21,22);2*1-2H3/t8-,9-,11-,12-;;/m1../s1. The van der Waals surface area contributed by atoms with Gasteiger partial charge >= 0.3 is 5.97 Å². The van der Waals surface area contributed by atoms with Crippen molar-refractivity contribution in [1.29, 1.82) is 0 Å². The number of β-lactam (4-membered cyclic amide) rings is 1. The van der Waals surface area contributed by atoms with Crippen LogP contribution in [0.15, 0.2) is 10.6 Å². The Bertz CT molecular complexity index is 556.